The number of esters is 1. The number of carbonyl (C=O) groups is 1. The SMILES string of the molecule is CCOC(=O)CC1(N)CCCc2c(F)cccc21. The Kier molecular flexibility index (Phi) is 3.66. The average molecular weight is 251 g/mol. The Bertz CT molecular complexity index is 461. The predicted molar refractivity (Wildman–Crippen MR) is 66.5 cm³/mol. The van der Waals surface area contributed by atoms with Gasteiger partial charge in [0.25, 0.3) is 0 Å². The lowest BCUT2D eigenvalue weighted by Crippen LogP contribution is -2.42. The van der Waals surface area contributed by atoms with Crippen LogP contribution in [-0.4, -0.2) is 12.6 Å². The number of carbonyl (C=O) groups excluding carboxylic acids is 1. The lowest BCUT2D eigenvalue weighted by atomic mass is 9.75. The topological polar surface area (TPSA) is 52.3 Å². The van der Waals surface area contributed by atoms with Crippen LogP contribution in [0.3, 0.4) is 0 Å². The van der Waals surface area contributed by atoms with Crippen molar-refractivity contribution in [2.45, 2.75) is 38.1 Å². The van der Waals surface area contributed by atoms with E-state index in [0.717, 1.165) is 12.0 Å². The van der Waals surface area contributed by atoms with E-state index in [0.29, 0.717) is 25.0 Å². The molecule has 1 atom stereocenters. The van der Waals surface area contributed by atoms with Gasteiger partial charge in [0.1, 0.15) is 5.82 Å². The number of hydrogen-bond acceptors (Lipinski definition) is 3. The van der Waals surface area contributed by atoms with Crippen LogP contribution in [0.25, 0.3) is 0 Å². The van der Waals surface area contributed by atoms with Gasteiger partial charge in [0.15, 0.2) is 0 Å². The highest BCUT2D eigenvalue weighted by atomic mass is 19.1. The number of ether oxygens (including phenoxy) is 1. The minimum absolute atomic E-state index is 0.108. The fourth-order valence-corrected chi connectivity index (χ4v) is 2.65. The van der Waals surface area contributed by atoms with Gasteiger partial charge in [-0.25, -0.2) is 4.39 Å². The van der Waals surface area contributed by atoms with E-state index in [4.69, 9.17) is 10.5 Å². The molecule has 4 heteroatoms. The van der Waals surface area contributed by atoms with Crippen molar-refractivity contribution in [2.75, 3.05) is 6.61 Å². The summed E-state index contributed by atoms with van der Waals surface area (Å²) in [5.74, 6) is -0.553. The van der Waals surface area contributed by atoms with Crippen molar-refractivity contribution >= 4 is 5.97 Å². The summed E-state index contributed by atoms with van der Waals surface area (Å²) in [6, 6.07) is 4.90. The van der Waals surface area contributed by atoms with E-state index >= 15 is 0 Å². The number of nitrogens with two attached hydrogens (primary N) is 1. The molecule has 1 aromatic rings. The van der Waals surface area contributed by atoms with Crippen LogP contribution in [-0.2, 0) is 21.5 Å². The van der Waals surface area contributed by atoms with Crippen molar-refractivity contribution in [3.8, 4) is 0 Å². The Balaban J connectivity index is 2.31. The van der Waals surface area contributed by atoms with Crippen LogP contribution in [0.2, 0.25) is 0 Å². The lowest BCUT2D eigenvalue weighted by molar-refractivity contribution is -0.144. The first kappa shape index (κ1) is 13.0. The molecule has 1 aliphatic rings. The monoisotopic (exact) mass is 251 g/mol. The fourth-order valence-electron chi connectivity index (χ4n) is 2.65. The summed E-state index contributed by atoms with van der Waals surface area (Å²) in [5, 5.41) is 0. The minimum Gasteiger partial charge on any atom is -0.466 e. The maximum absolute atomic E-state index is 13.7. The van der Waals surface area contributed by atoms with Crippen molar-refractivity contribution in [3.05, 3.63) is 35.1 Å². The van der Waals surface area contributed by atoms with E-state index in [1.807, 2.05) is 6.07 Å². The maximum atomic E-state index is 13.7. The molecular formula is C14H18FNO2. The Hall–Kier alpha value is -1.42. The van der Waals surface area contributed by atoms with Crippen LogP contribution in [0.5, 0.6) is 0 Å². The Morgan fingerprint density at radius 2 is 2.33 bits per heavy atom. The van der Waals surface area contributed by atoms with Crippen molar-refractivity contribution in [2.24, 2.45) is 5.73 Å². The maximum Gasteiger partial charge on any atom is 0.307 e. The van der Waals surface area contributed by atoms with E-state index in [9.17, 15) is 9.18 Å². The second kappa shape index (κ2) is 5.06. The molecular weight excluding hydrogens is 233 g/mol. The van der Waals surface area contributed by atoms with E-state index < -0.39 is 5.54 Å². The van der Waals surface area contributed by atoms with Gasteiger partial charge < -0.3 is 10.5 Å². The zero-order valence-corrected chi connectivity index (χ0v) is 10.5. The molecule has 0 saturated heterocycles. The van der Waals surface area contributed by atoms with Crippen LogP contribution >= 0.6 is 0 Å². The van der Waals surface area contributed by atoms with Gasteiger partial charge in [0.05, 0.1) is 18.6 Å². The second-order valence-corrected chi connectivity index (χ2v) is 4.76. The molecule has 2 rings (SSSR count). The first-order valence-corrected chi connectivity index (χ1v) is 6.29. The van der Waals surface area contributed by atoms with Gasteiger partial charge in [-0.1, -0.05) is 12.1 Å². The van der Waals surface area contributed by atoms with Gasteiger partial charge in [0.2, 0.25) is 0 Å². The molecule has 18 heavy (non-hydrogen) atoms. The van der Waals surface area contributed by atoms with E-state index in [-0.39, 0.29) is 18.2 Å². The van der Waals surface area contributed by atoms with Gasteiger partial charge >= 0.3 is 5.97 Å². The van der Waals surface area contributed by atoms with Crippen molar-refractivity contribution in [1.29, 1.82) is 0 Å². The highest BCUT2D eigenvalue weighted by Gasteiger charge is 2.36. The van der Waals surface area contributed by atoms with Crippen molar-refractivity contribution < 1.29 is 13.9 Å². The third kappa shape index (κ3) is 2.38. The number of rotatable bonds is 3. The molecule has 0 heterocycles. The third-order valence-corrected chi connectivity index (χ3v) is 3.47. The summed E-state index contributed by atoms with van der Waals surface area (Å²) in [4.78, 5) is 11.6. The molecule has 0 spiro atoms. The van der Waals surface area contributed by atoms with E-state index in [2.05, 4.69) is 0 Å². The molecule has 0 amide bonds. The number of hydrogen-bond donors (Lipinski definition) is 1. The van der Waals surface area contributed by atoms with Crippen LogP contribution in [0.4, 0.5) is 4.39 Å². The molecule has 98 valence electrons. The Morgan fingerprint density at radius 3 is 3.06 bits per heavy atom. The highest BCUT2D eigenvalue weighted by Crippen LogP contribution is 2.37. The first-order chi connectivity index (χ1) is 8.57. The number of fused-ring (bicyclic) bond motifs is 1. The zero-order chi connectivity index (χ0) is 13.2. The quantitative estimate of drug-likeness (QED) is 0.838. The zero-order valence-electron chi connectivity index (χ0n) is 10.5. The smallest absolute Gasteiger partial charge is 0.307 e. The standard InChI is InChI=1S/C14H18FNO2/c1-2-18-13(17)9-14(16)8-4-5-10-11(14)6-3-7-12(10)15/h3,6-7H,2,4-5,8-9,16H2,1H3. The number of halogens is 1. The van der Waals surface area contributed by atoms with Crippen LogP contribution < -0.4 is 5.73 Å². The molecule has 1 aliphatic carbocycles. The molecule has 0 saturated carbocycles. The van der Waals surface area contributed by atoms with Gasteiger partial charge in [-0.05, 0) is 43.4 Å². The minimum atomic E-state index is -0.790. The molecule has 0 fully saturated rings. The van der Waals surface area contributed by atoms with Crippen LogP contribution in [0.1, 0.15) is 37.3 Å². The van der Waals surface area contributed by atoms with Gasteiger partial charge in [-0.2, -0.15) is 0 Å². The highest BCUT2D eigenvalue weighted by molar-refractivity contribution is 5.71. The summed E-state index contributed by atoms with van der Waals surface area (Å²) in [6.07, 6.45) is 2.27. The number of benzene rings is 1. The summed E-state index contributed by atoms with van der Waals surface area (Å²) in [5.41, 5.74) is 6.91. The second-order valence-electron chi connectivity index (χ2n) is 4.76. The van der Waals surface area contributed by atoms with Crippen molar-refractivity contribution in [3.63, 3.8) is 0 Å². The molecule has 1 aromatic carbocycles. The Labute approximate surface area is 106 Å². The molecule has 2 N–H and O–H groups in total. The third-order valence-electron chi connectivity index (χ3n) is 3.47. The normalized spacial score (nSPS) is 22.4. The molecule has 0 aliphatic heterocycles. The van der Waals surface area contributed by atoms with E-state index in [1.54, 1.807) is 13.0 Å². The summed E-state index contributed by atoms with van der Waals surface area (Å²) >= 11 is 0. The van der Waals surface area contributed by atoms with Crippen LogP contribution in [0, 0.1) is 5.82 Å². The predicted octanol–water partition coefficient (Wildman–Crippen LogP) is 2.27. The lowest BCUT2D eigenvalue weighted by Gasteiger charge is -2.35. The fraction of sp³-hybridized carbons (Fsp3) is 0.500. The molecule has 1 unspecified atom stereocenters. The first-order valence-electron chi connectivity index (χ1n) is 6.29. The molecule has 0 aromatic heterocycles. The largest absolute Gasteiger partial charge is 0.466 e. The van der Waals surface area contributed by atoms with E-state index in [1.165, 1.54) is 6.07 Å². The molecule has 0 radical (unpaired) electrons. The van der Waals surface area contributed by atoms with Crippen molar-refractivity contribution in [1.82, 2.24) is 0 Å². The summed E-state index contributed by atoms with van der Waals surface area (Å²) < 4.78 is 18.7. The Morgan fingerprint density at radius 1 is 1.56 bits per heavy atom. The van der Waals surface area contributed by atoms with Crippen LogP contribution in [0.15, 0.2) is 18.2 Å². The van der Waals surface area contributed by atoms with Gasteiger partial charge in [-0.3, -0.25) is 4.79 Å². The summed E-state index contributed by atoms with van der Waals surface area (Å²) in [6.45, 7) is 2.10. The van der Waals surface area contributed by atoms with Gasteiger partial charge in [-0.15, -0.1) is 0 Å². The molecule has 0 bridgehead atoms. The molecule has 3 nitrogen and oxygen atoms in total. The average Bonchev–Trinajstić information content (AvgIpc) is 2.31. The summed E-state index contributed by atoms with van der Waals surface area (Å²) in [7, 11) is 0. The van der Waals surface area contributed by atoms with Gasteiger partial charge in [0, 0.05) is 0 Å².